The second-order valence-electron chi connectivity index (χ2n) is 7.22. The molecule has 1 saturated carbocycles. The van der Waals surface area contributed by atoms with Crippen LogP contribution in [0.25, 0.3) is 11.1 Å². The molecule has 26 heavy (non-hydrogen) atoms. The van der Waals surface area contributed by atoms with Gasteiger partial charge in [-0.1, -0.05) is 25.1 Å². The molecule has 1 fully saturated rings. The maximum atomic E-state index is 13.1. The van der Waals surface area contributed by atoms with Gasteiger partial charge in [0.15, 0.2) is 0 Å². The van der Waals surface area contributed by atoms with Crippen molar-refractivity contribution in [3.63, 3.8) is 0 Å². The molecular formula is C20H22N4O2. The van der Waals surface area contributed by atoms with Crippen molar-refractivity contribution in [1.82, 2.24) is 20.4 Å². The minimum Gasteiger partial charge on any atom is -0.344 e. The van der Waals surface area contributed by atoms with Gasteiger partial charge in [0.05, 0.1) is 28.4 Å². The normalized spacial score (nSPS) is 15.4. The number of hydrogen-bond donors (Lipinski definition) is 1. The predicted octanol–water partition coefficient (Wildman–Crippen LogP) is 4.11. The van der Waals surface area contributed by atoms with Crippen molar-refractivity contribution in [3.05, 3.63) is 53.1 Å². The highest BCUT2D eigenvalue weighted by atomic mass is 16.5. The Kier molecular flexibility index (Phi) is 4.18. The number of carbonyl (C=O) groups excluding carboxylic acids is 1. The number of fused-ring (bicyclic) bond motifs is 1. The van der Waals surface area contributed by atoms with E-state index in [1.807, 2.05) is 45.0 Å². The van der Waals surface area contributed by atoms with Gasteiger partial charge in [0.1, 0.15) is 0 Å². The number of hydrogen-bond acceptors (Lipinski definition) is 5. The minimum absolute atomic E-state index is 0.143. The van der Waals surface area contributed by atoms with Crippen LogP contribution in [0.3, 0.4) is 0 Å². The highest BCUT2D eigenvalue weighted by molar-refractivity contribution is 6.06. The zero-order valence-electron chi connectivity index (χ0n) is 15.2. The maximum Gasteiger partial charge on any atom is 0.259 e. The molecule has 0 aliphatic heterocycles. The smallest absolute Gasteiger partial charge is 0.259 e. The van der Waals surface area contributed by atoms with Crippen LogP contribution >= 0.6 is 0 Å². The zero-order chi connectivity index (χ0) is 18.3. The van der Waals surface area contributed by atoms with Crippen molar-refractivity contribution < 1.29 is 9.32 Å². The molecule has 1 atom stereocenters. The summed E-state index contributed by atoms with van der Waals surface area (Å²) >= 11 is 0. The summed E-state index contributed by atoms with van der Waals surface area (Å²) in [5.74, 6) is 0.416. The fraction of sp³-hybridized carbons (Fsp3) is 0.400. The van der Waals surface area contributed by atoms with Crippen LogP contribution in [-0.2, 0) is 0 Å². The number of aromatic nitrogens is 3. The van der Waals surface area contributed by atoms with Crippen LogP contribution in [0.2, 0.25) is 0 Å². The molecule has 4 rings (SSSR count). The quantitative estimate of drug-likeness (QED) is 0.749. The Balaban J connectivity index is 1.73. The van der Waals surface area contributed by atoms with Crippen molar-refractivity contribution in [1.29, 1.82) is 0 Å². The molecular weight excluding hydrogens is 328 g/mol. The summed E-state index contributed by atoms with van der Waals surface area (Å²) < 4.78 is 5.46. The largest absolute Gasteiger partial charge is 0.344 e. The van der Waals surface area contributed by atoms with Gasteiger partial charge in [0.25, 0.3) is 11.6 Å². The molecule has 0 radical (unpaired) electrons. The molecule has 0 saturated heterocycles. The van der Waals surface area contributed by atoms with E-state index >= 15 is 0 Å². The third-order valence-corrected chi connectivity index (χ3v) is 4.76. The summed E-state index contributed by atoms with van der Waals surface area (Å²) in [5.41, 5.74) is 3.55. The van der Waals surface area contributed by atoms with Gasteiger partial charge in [-0.2, -0.15) is 0 Å². The van der Waals surface area contributed by atoms with Crippen LogP contribution in [0.1, 0.15) is 78.9 Å². The molecule has 134 valence electrons. The first-order valence-electron chi connectivity index (χ1n) is 9.06. The predicted molar refractivity (Wildman–Crippen MR) is 98.0 cm³/mol. The topological polar surface area (TPSA) is 80.9 Å². The number of nitrogens with one attached hydrogen (secondary N) is 1. The van der Waals surface area contributed by atoms with Gasteiger partial charge >= 0.3 is 0 Å². The molecule has 1 N–H and O–H groups in total. The fourth-order valence-corrected chi connectivity index (χ4v) is 3.13. The van der Waals surface area contributed by atoms with Crippen LogP contribution < -0.4 is 5.32 Å². The molecule has 6 nitrogen and oxygen atoms in total. The third-order valence-electron chi connectivity index (χ3n) is 4.76. The van der Waals surface area contributed by atoms with E-state index < -0.39 is 0 Å². The van der Waals surface area contributed by atoms with E-state index in [9.17, 15) is 4.79 Å². The molecule has 0 spiro atoms. The number of pyridine rings is 2. The molecule has 0 aromatic carbocycles. The van der Waals surface area contributed by atoms with Crippen molar-refractivity contribution in [2.75, 3.05) is 0 Å². The van der Waals surface area contributed by atoms with E-state index in [1.165, 1.54) is 0 Å². The molecule has 0 unspecified atom stereocenters. The summed E-state index contributed by atoms with van der Waals surface area (Å²) in [5, 5.41) is 7.93. The van der Waals surface area contributed by atoms with E-state index in [2.05, 4.69) is 20.4 Å². The minimum atomic E-state index is -0.196. The van der Waals surface area contributed by atoms with Gasteiger partial charge < -0.3 is 9.84 Å². The lowest BCUT2D eigenvalue weighted by Crippen LogP contribution is -2.27. The molecule has 6 heteroatoms. The van der Waals surface area contributed by atoms with Gasteiger partial charge in [0, 0.05) is 17.8 Å². The Bertz CT molecular complexity index is 945. The molecule has 1 aliphatic rings. The van der Waals surface area contributed by atoms with Gasteiger partial charge in [-0.05, 0) is 43.9 Å². The van der Waals surface area contributed by atoms with E-state index in [-0.39, 0.29) is 17.9 Å². The van der Waals surface area contributed by atoms with Gasteiger partial charge in [-0.15, -0.1) is 0 Å². The second kappa shape index (κ2) is 6.52. The van der Waals surface area contributed by atoms with E-state index in [0.717, 1.165) is 35.3 Å². The standard InChI is InChI=1S/C20H22N4O2/c1-11(2)18-17-14(10-16(13-7-8-13)23-20(17)26-24-18)19(25)22-12(3)15-6-4-5-9-21-15/h4-6,9-13H,7-8H2,1-3H3,(H,22,25)/t12-/m1/s1. The zero-order valence-corrected chi connectivity index (χ0v) is 15.2. The lowest BCUT2D eigenvalue weighted by Gasteiger charge is -2.14. The van der Waals surface area contributed by atoms with Crippen LogP contribution in [-0.4, -0.2) is 21.0 Å². The van der Waals surface area contributed by atoms with Crippen molar-refractivity contribution in [2.45, 2.75) is 51.5 Å². The monoisotopic (exact) mass is 350 g/mol. The number of rotatable bonds is 5. The number of nitrogens with zero attached hydrogens (tertiary/aromatic N) is 3. The lowest BCUT2D eigenvalue weighted by atomic mass is 10.0. The van der Waals surface area contributed by atoms with Crippen molar-refractivity contribution in [2.24, 2.45) is 0 Å². The maximum absolute atomic E-state index is 13.1. The molecule has 3 aromatic heterocycles. The van der Waals surface area contributed by atoms with E-state index in [4.69, 9.17) is 4.52 Å². The summed E-state index contributed by atoms with van der Waals surface area (Å²) in [4.78, 5) is 22.0. The van der Waals surface area contributed by atoms with Crippen molar-refractivity contribution >= 4 is 17.0 Å². The Hall–Kier alpha value is -2.76. The Morgan fingerprint density at radius 3 is 2.73 bits per heavy atom. The number of carbonyl (C=O) groups is 1. The average molecular weight is 350 g/mol. The lowest BCUT2D eigenvalue weighted by molar-refractivity contribution is 0.0940. The van der Waals surface area contributed by atoms with Crippen LogP contribution in [0.4, 0.5) is 0 Å². The number of amides is 1. The summed E-state index contributed by atoms with van der Waals surface area (Å²) in [6, 6.07) is 7.39. The Morgan fingerprint density at radius 1 is 1.27 bits per heavy atom. The Labute approximate surface area is 152 Å². The molecule has 0 bridgehead atoms. The van der Waals surface area contributed by atoms with Crippen molar-refractivity contribution in [3.8, 4) is 0 Å². The van der Waals surface area contributed by atoms with Gasteiger partial charge in [0.2, 0.25) is 0 Å². The van der Waals surface area contributed by atoms with Crippen LogP contribution in [0.5, 0.6) is 0 Å². The van der Waals surface area contributed by atoms with E-state index in [0.29, 0.717) is 17.2 Å². The molecule has 3 heterocycles. The first-order valence-corrected chi connectivity index (χ1v) is 9.06. The summed E-state index contributed by atoms with van der Waals surface area (Å²) in [6.07, 6.45) is 3.94. The van der Waals surface area contributed by atoms with Crippen LogP contribution in [0.15, 0.2) is 35.0 Å². The van der Waals surface area contributed by atoms with Gasteiger partial charge in [-0.25, -0.2) is 4.98 Å². The Morgan fingerprint density at radius 2 is 2.08 bits per heavy atom. The highest BCUT2D eigenvalue weighted by Gasteiger charge is 2.29. The third kappa shape index (κ3) is 3.07. The van der Waals surface area contributed by atoms with Crippen LogP contribution in [0, 0.1) is 0 Å². The average Bonchev–Trinajstić information content (AvgIpc) is 3.40. The highest BCUT2D eigenvalue weighted by Crippen LogP contribution is 2.41. The second-order valence-corrected chi connectivity index (χ2v) is 7.22. The first kappa shape index (κ1) is 16.7. The van der Waals surface area contributed by atoms with Gasteiger partial charge in [-0.3, -0.25) is 9.78 Å². The fourth-order valence-electron chi connectivity index (χ4n) is 3.13. The molecule has 1 aliphatic carbocycles. The van der Waals surface area contributed by atoms with E-state index in [1.54, 1.807) is 6.20 Å². The summed E-state index contributed by atoms with van der Waals surface area (Å²) in [6.45, 7) is 5.99. The SMILES string of the molecule is CC(C)c1noc2nc(C3CC3)cc(C(=O)N[C@H](C)c3ccccn3)c12. The molecule has 1 amide bonds. The summed E-state index contributed by atoms with van der Waals surface area (Å²) in [7, 11) is 0. The first-order chi connectivity index (χ1) is 12.5. The molecule has 3 aromatic rings.